The molecule has 1 heteroatoms. The summed E-state index contributed by atoms with van der Waals surface area (Å²) in [4.78, 5) is 0. The Balaban J connectivity index is 1.76. The Kier molecular flexibility index (Phi) is 3.01. The fourth-order valence-electron chi connectivity index (χ4n) is 3.84. The Morgan fingerprint density at radius 2 is 1.29 bits per heavy atom. The van der Waals surface area contributed by atoms with Gasteiger partial charge < -0.3 is 0 Å². The van der Waals surface area contributed by atoms with Crippen LogP contribution in [0.1, 0.15) is 11.1 Å². The van der Waals surface area contributed by atoms with E-state index in [1.165, 1.54) is 38.6 Å². The standard InChI is InChI=1S/C23H15Cl/c24-23-21(19-11-5-8-15-6-1-3-9-17(15)19)13-12-20-18-10-4-2-7-16(18)14-22(20)23/h1-13H,14H2. The molecule has 0 atom stereocenters. The minimum atomic E-state index is 0.889. The Morgan fingerprint density at radius 1 is 0.583 bits per heavy atom. The summed E-state index contributed by atoms with van der Waals surface area (Å²) >= 11 is 6.88. The van der Waals surface area contributed by atoms with Crippen LogP contribution in [0.4, 0.5) is 0 Å². The van der Waals surface area contributed by atoms with E-state index in [4.69, 9.17) is 11.6 Å². The van der Waals surface area contributed by atoms with Gasteiger partial charge in [-0.1, -0.05) is 90.5 Å². The monoisotopic (exact) mass is 326 g/mol. The first-order chi connectivity index (χ1) is 11.8. The molecule has 0 saturated carbocycles. The zero-order valence-corrected chi connectivity index (χ0v) is 13.8. The molecule has 0 nitrogen and oxygen atoms in total. The summed E-state index contributed by atoms with van der Waals surface area (Å²) in [6.45, 7) is 0. The molecule has 4 aromatic carbocycles. The number of halogens is 1. The molecule has 5 rings (SSSR count). The zero-order valence-electron chi connectivity index (χ0n) is 13.1. The maximum atomic E-state index is 6.88. The highest BCUT2D eigenvalue weighted by Gasteiger charge is 2.22. The molecule has 0 spiro atoms. The number of fused-ring (bicyclic) bond motifs is 4. The first-order valence-electron chi connectivity index (χ1n) is 8.21. The minimum absolute atomic E-state index is 0.889. The van der Waals surface area contributed by atoms with E-state index < -0.39 is 0 Å². The molecular weight excluding hydrogens is 312 g/mol. The summed E-state index contributed by atoms with van der Waals surface area (Å²) in [6.07, 6.45) is 0.920. The van der Waals surface area contributed by atoms with Gasteiger partial charge in [0.25, 0.3) is 0 Å². The number of hydrogen-bond acceptors (Lipinski definition) is 0. The molecule has 4 aromatic rings. The van der Waals surface area contributed by atoms with Crippen LogP contribution in [0.3, 0.4) is 0 Å². The molecule has 114 valence electrons. The minimum Gasteiger partial charge on any atom is -0.0833 e. The second kappa shape index (κ2) is 5.22. The lowest BCUT2D eigenvalue weighted by Gasteiger charge is -2.12. The second-order valence-corrected chi connectivity index (χ2v) is 6.69. The van der Waals surface area contributed by atoms with Crippen molar-refractivity contribution in [1.82, 2.24) is 0 Å². The van der Waals surface area contributed by atoms with Gasteiger partial charge in [0.2, 0.25) is 0 Å². The first-order valence-corrected chi connectivity index (χ1v) is 8.58. The molecule has 0 heterocycles. The van der Waals surface area contributed by atoms with Gasteiger partial charge in [0.05, 0.1) is 5.02 Å². The van der Waals surface area contributed by atoms with Gasteiger partial charge in [-0.2, -0.15) is 0 Å². The van der Waals surface area contributed by atoms with Gasteiger partial charge in [0, 0.05) is 12.0 Å². The van der Waals surface area contributed by atoms with E-state index in [1.54, 1.807) is 0 Å². The molecule has 1 aliphatic carbocycles. The number of rotatable bonds is 1. The SMILES string of the molecule is Clc1c(-c2cccc3ccccc23)ccc2c1Cc1ccccc1-2. The Labute approximate surface area is 146 Å². The van der Waals surface area contributed by atoms with Crippen LogP contribution in [-0.2, 0) is 6.42 Å². The van der Waals surface area contributed by atoms with E-state index in [2.05, 4.69) is 78.9 Å². The van der Waals surface area contributed by atoms with Crippen LogP contribution in [0.25, 0.3) is 33.0 Å². The van der Waals surface area contributed by atoms with Crippen molar-refractivity contribution in [2.45, 2.75) is 6.42 Å². The van der Waals surface area contributed by atoms with Gasteiger partial charge in [-0.05, 0) is 38.6 Å². The fourth-order valence-corrected chi connectivity index (χ4v) is 4.18. The largest absolute Gasteiger partial charge is 0.0833 e. The van der Waals surface area contributed by atoms with Crippen LogP contribution >= 0.6 is 11.6 Å². The summed E-state index contributed by atoms with van der Waals surface area (Å²) < 4.78 is 0. The number of hydrogen-bond donors (Lipinski definition) is 0. The van der Waals surface area contributed by atoms with Crippen molar-refractivity contribution in [3.8, 4) is 22.3 Å². The second-order valence-electron chi connectivity index (χ2n) is 6.31. The molecule has 0 aliphatic heterocycles. The fraction of sp³-hybridized carbons (Fsp3) is 0.0435. The molecular formula is C23H15Cl. The lowest BCUT2D eigenvalue weighted by molar-refractivity contribution is 1.26. The Bertz CT molecular complexity index is 1090. The summed E-state index contributed by atoms with van der Waals surface area (Å²) in [5, 5.41) is 3.38. The van der Waals surface area contributed by atoms with Crippen LogP contribution < -0.4 is 0 Å². The van der Waals surface area contributed by atoms with Crippen molar-refractivity contribution < 1.29 is 0 Å². The topological polar surface area (TPSA) is 0 Å². The van der Waals surface area contributed by atoms with Gasteiger partial charge >= 0.3 is 0 Å². The zero-order chi connectivity index (χ0) is 16.1. The van der Waals surface area contributed by atoms with Crippen molar-refractivity contribution in [1.29, 1.82) is 0 Å². The first kappa shape index (κ1) is 13.8. The quantitative estimate of drug-likeness (QED) is 0.320. The summed E-state index contributed by atoms with van der Waals surface area (Å²) in [5.74, 6) is 0. The molecule has 0 saturated heterocycles. The third-order valence-electron chi connectivity index (χ3n) is 5.00. The summed E-state index contributed by atoms with van der Waals surface area (Å²) in [7, 11) is 0. The maximum absolute atomic E-state index is 6.88. The summed E-state index contributed by atoms with van der Waals surface area (Å²) in [6, 6.07) is 27.9. The van der Waals surface area contributed by atoms with Crippen molar-refractivity contribution in [3.05, 3.63) is 95.0 Å². The van der Waals surface area contributed by atoms with Gasteiger partial charge in [-0.25, -0.2) is 0 Å². The Hall–Kier alpha value is -2.57. The highest BCUT2D eigenvalue weighted by atomic mass is 35.5. The van der Waals surface area contributed by atoms with Gasteiger partial charge in [-0.3, -0.25) is 0 Å². The van der Waals surface area contributed by atoms with E-state index in [9.17, 15) is 0 Å². The molecule has 0 radical (unpaired) electrons. The van der Waals surface area contributed by atoms with Crippen molar-refractivity contribution in [2.24, 2.45) is 0 Å². The number of benzene rings is 4. The molecule has 1 aliphatic rings. The van der Waals surface area contributed by atoms with Crippen LogP contribution in [0.15, 0.2) is 78.9 Å². The third kappa shape index (κ3) is 1.93. The van der Waals surface area contributed by atoms with Crippen LogP contribution in [0.2, 0.25) is 5.02 Å². The maximum Gasteiger partial charge on any atom is 0.0526 e. The molecule has 24 heavy (non-hydrogen) atoms. The molecule has 0 N–H and O–H groups in total. The molecule has 0 bridgehead atoms. The van der Waals surface area contributed by atoms with Gasteiger partial charge in [0.15, 0.2) is 0 Å². The molecule has 0 fully saturated rings. The average Bonchev–Trinajstić information content (AvgIpc) is 3.02. The van der Waals surface area contributed by atoms with Crippen molar-refractivity contribution >= 4 is 22.4 Å². The smallest absolute Gasteiger partial charge is 0.0526 e. The van der Waals surface area contributed by atoms with Gasteiger partial charge in [-0.15, -0.1) is 0 Å². The van der Waals surface area contributed by atoms with Crippen LogP contribution in [0.5, 0.6) is 0 Å². The highest BCUT2D eigenvalue weighted by Crippen LogP contribution is 2.44. The van der Waals surface area contributed by atoms with E-state index in [0.717, 1.165) is 17.0 Å². The van der Waals surface area contributed by atoms with E-state index in [1.807, 2.05) is 0 Å². The van der Waals surface area contributed by atoms with Crippen molar-refractivity contribution in [2.75, 3.05) is 0 Å². The van der Waals surface area contributed by atoms with E-state index in [-0.39, 0.29) is 0 Å². The molecule has 0 unspecified atom stereocenters. The van der Waals surface area contributed by atoms with Crippen molar-refractivity contribution in [3.63, 3.8) is 0 Å². The van der Waals surface area contributed by atoms with Crippen LogP contribution in [-0.4, -0.2) is 0 Å². The van der Waals surface area contributed by atoms with E-state index >= 15 is 0 Å². The van der Waals surface area contributed by atoms with Crippen LogP contribution in [0, 0.1) is 0 Å². The van der Waals surface area contributed by atoms with E-state index in [0.29, 0.717) is 0 Å². The summed E-state index contributed by atoms with van der Waals surface area (Å²) in [5.41, 5.74) is 7.54. The molecule has 0 aromatic heterocycles. The molecule has 0 amide bonds. The Morgan fingerprint density at radius 3 is 2.25 bits per heavy atom. The van der Waals surface area contributed by atoms with Gasteiger partial charge in [0.1, 0.15) is 0 Å². The average molecular weight is 327 g/mol. The third-order valence-corrected chi connectivity index (χ3v) is 5.43. The predicted molar refractivity (Wildman–Crippen MR) is 103 cm³/mol. The predicted octanol–water partition coefficient (Wildman–Crippen LogP) is 6.73. The lowest BCUT2D eigenvalue weighted by atomic mass is 9.95. The normalized spacial score (nSPS) is 12.2. The lowest BCUT2D eigenvalue weighted by Crippen LogP contribution is -1.88. The highest BCUT2D eigenvalue weighted by molar-refractivity contribution is 6.35.